The van der Waals surface area contributed by atoms with Crippen LogP contribution >= 0.6 is 7.94 Å². The molecule has 5 nitrogen and oxygen atoms in total. The van der Waals surface area contributed by atoms with Gasteiger partial charge in [0.05, 0.1) is 6.07 Å². The monoisotopic (exact) mass is 235 g/mol. The Bertz CT molecular complexity index is 224. The zero-order valence-electron chi connectivity index (χ0n) is 9.62. The molecular formula is C9H20N2O3P+. The molecule has 3 N–H and O–H groups in total. The summed E-state index contributed by atoms with van der Waals surface area (Å²) in [5.74, 6) is 0. The molecule has 0 saturated heterocycles. The van der Waals surface area contributed by atoms with E-state index in [-0.39, 0.29) is 18.2 Å². The topological polar surface area (TPSA) is 87.7 Å². The molecule has 0 spiro atoms. The average Bonchev–Trinajstić information content (AvgIpc) is 1.98. The Labute approximate surface area is 91.5 Å². The smallest absolute Gasteiger partial charge is 0.280 e. The normalized spacial score (nSPS) is 14.7. The Kier molecular flexibility index (Phi) is 5.65. The molecule has 15 heavy (non-hydrogen) atoms. The maximum absolute atomic E-state index is 8.98. The van der Waals surface area contributed by atoms with Crippen LogP contribution in [0, 0.1) is 11.3 Å². The lowest BCUT2D eigenvalue weighted by molar-refractivity contribution is 0.147. The van der Waals surface area contributed by atoms with Gasteiger partial charge in [0.25, 0.3) is 0 Å². The van der Waals surface area contributed by atoms with Crippen molar-refractivity contribution in [3.05, 3.63) is 0 Å². The van der Waals surface area contributed by atoms with E-state index in [4.69, 9.17) is 19.9 Å². The summed E-state index contributed by atoms with van der Waals surface area (Å²) >= 11 is 0. The Balaban J connectivity index is 4.70. The third-order valence-electron chi connectivity index (χ3n) is 2.12. The van der Waals surface area contributed by atoms with E-state index in [1.807, 2.05) is 38.7 Å². The molecule has 0 amide bonds. The number of rotatable bonds is 5. The van der Waals surface area contributed by atoms with E-state index < -0.39 is 14.0 Å². The zero-order valence-corrected chi connectivity index (χ0v) is 10.5. The van der Waals surface area contributed by atoms with E-state index in [2.05, 4.69) is 0 Å². The first-order valence-corrected chi connectivity index (χ1v) is 6.75. The van der Waals surface area contributed by atoms with Crippen LogP contribution in [0.4, 0.5) is 0 Å². The first kappa shape index (κ1) is 14.8. The largest absolute Gasteiger partial charge is 0.406 e. The first-order chi connectivity index (χ1) is 6.69. The van der Waals surface area contributed by atoms with Gasteiger partial charge in [-0.2, -0.15) is 19.9 Å². The molecule has 0 fully saturated rings. The minimum atomic E-state index is -3.89. The van der Waals surface area contributed by atoms with Gasteiger partial charge in [-0.1, -0.05) is 0 Å². The lowest BCUT2D eigenvalue weighted by Gasteiger charge is -2.33. The number of hydrogen-bond donors (Lipinski definition) is 3. The summed E-state index contributed by atoms with van der Waals surface area (Å²) in [4.78, 5) is 28.8. The molecule has 1 atom stereocenters. The lowest BCUT2D eigenvalue weighted by Crippen LogP contribution is -2.46. The van der Waals surface area contributed by atoms with Crippen LogP contribution in [0.25, 0.3) is 0 Å². The summed E-state index contributed by atoms with van der Waals surface area (Å²) in [6, 6.07) is 1.55. The van der Waals surface area contributed by atoms with Crippen LogP contribution in [0.3, 0.4) is 0 Å². The molecule has 6 heteroatoms. The third-order valence-corrected chi connectivity index (χ3v) is 2.96. The van der Waals surface area contributed by atoms with Gasteiger partial charge in [-0.3, -0.25) is 4.90 Å². The predicted octanol–water partition coefficient (Wildman–Crippen LogP) is 0.737. The molecule has 0 saturated carbocycles. The molecule has 0 aliphatic carbocycles. The molecular weight excluding hydrogens is 215 g/mol. The van der Waals surface area contributed by atoms with Gasteiger partial charge in [0.2, 0.25) is 0 Å². The number of hydrogen-bond acceptors (Lipinski definition) is 5. The third kappa shape index (κ3) is 5.41. The van der Waals surface area contributed by atoms with Crippen LogP contribution in [0.5, 0.6) is 0 Å². The van der Waals surface area contributed by atoms with E-state index >= 15 is 0 Å². The van der Waals surface area contributed by atoms with Gasteiger partial charge < -0.3 is 0 Å². The highest BCUT2D eigenvalue weighted by molar-refractivity contribution is 7.58. The summed E-state index contributed by atoms with van der Waals surface area (Å²) < 4.78 is 0. The molecule has 0 aromatic heterocycles. The Morgan fingerprint density at radius 1 is 1.13 bits per heavy atom. The Morgan fingerprint density at radius 3 is 1.73 bits per heavy atom. The summed E-state index contributed by atoms with van der Waals surface area (Å²) in [7, 11) is -3.89. The number of nitrogens with zero attached hydrogens (tertiary/aromatic N) is 2. The Morgan fingerprint density at radius 2 is 1.53 bits per heavy atom. The minimum Gasteiger partial charge on any atom is -0.280 e. The molecule has 0 bridgehead atoms. The molecule has 0 rings (SSSR count). The van der Waals surface area contributed by atoms with Crippen molar-refractivity contribution in [2.75, 3.05) is 6.16 Å². The van der Waals surface area contributed by atoms with E-state index in [1.165, 1.54) is 0 Å². The van der Waals surface area contributed by atoms with Crippen LogP contribution in [-0.2, 0) is 0 Å². The molecule has 88 valence electrons. The van der Waals surface area contributed by atoms with Crippen molar-refractivity contribution in [1.82, 2.24) is 4.90 Å². The first-order valence-electron chi connectivity index (χ1n) is 4.92. The molecule has 0 aromatic carbocycles. The molecule has 0 radical (unpaired) electrons. The molecule has 0 aromatic rings. The fourth-order valence-electron chi connectivity index (χ4n) is 1.75. The van der Waals surface area contributed by atoms with Gasteiger partial charge in [-0.05, 0) is 27.7 Å². The second-order valence-corrected chi connectivity index (χ2v) is 5.91. The summed E-state index contributed by atoms with van der Waals surface area (Å²) in [6.45, 7) is 7.71. The van der Waals surface area contributed by atoms with Crippen molar-refractivity contribution in [3.63, 3.8) is 0 Å². The average molecular weight is 235 g/mol. The van der Waals surface area contributed by atoms with Crippen molar-refractivity contribution in [2.24, 2.45) is 0 Å². The summed E-state index contributed by atoms with van der Waals surface area (Å²) in [5, 5.41) is 8.95. The van der Waals surface area contributed by atoms with Gasteiger partial charge in [0, 0.05) is 12.1 Å². The standard InChI is InChI=1S/C9H20N2O3P/c1-7(2)11(8(3)4)9(5-10)6-15(12,13)14/h7-9,12-14H,6H2,1-4H3/q+1. The van der Waals surface area contributed by atoms with E-state index in [1.54, 1.807) is 0 Å². The van der Waals surface area contributed by atoms with Crippen molar-refractivity contribution < 1.29 is 14.7 Å². The van der Waals surface area contributed by atoms with Crippen LogP contribution in [-0.4, -0.2) is 43.9 Å². The fourth-order valence-corrected chi connectivity index (χ4v) is 2.48. The van der Waals surface area contributed by atoms with Crippen molar-refractivity contribution in [1.29, 1.82) is 5.26 Å². The molecule has 0 aliphatic heterocycles. The summed E-state index contributed by atoms with van der Waals surface area (Å²) in [6.07, 6.45) is -0.292. The second kappa shape index (κ2) is 5.74. The van der Waals surface area contributed by atoms with E-state index in [0.717, 1.165) is 0 Å². The predicted molar refractivity (Wildman–Crippen MR) is 60.0 cm³/mol. The van der Waals surface area contributed by atoms with Gasteiger partial charge in [-0.15, -0.1) is 0 Å². The van der Waals surface area contributed by atoms with Gasteiger partial charge in [0.15, 0.2) is 6.16 Å². The Hall–Kier alpha value is -0.240. The molecule has 0 heterocycles. The van der Waals surface area contributed by atoms with Crippen molar-refractivity contribution in [2.45, 2.75) is 45.8 Å². The lowest BCUT2D eigenvalue weighted by atomic mass is 10.1. The molecule has 0 aliphatic rings. The minimum absolute atomic E-state index is 0.112. The van der Waals surface area contributed by atoms with Crippen molar-refractivity contribution in [3.8, 4) is 6.07 Å². The van der Waals surface area contributed by atoms with Crippen molar-refractivity contribution >= 4 is 7.94 Å². The highest BCUT2D eigenvalue weighted by Crippen LogP contribution is 2.45. The van der Waals surface area contributed by atoms with Crippen LogP contribution < -0.4 is 0 Å². The SMILES string of the molecule is CC(C)N(C(C)C)C(C#N)C[P+](O)(O)O. The van der Waals surface area contributed by atoms with Gasteiger partial charge >= 0.3 is 7.94 Å². The van der Waals surface area contributed by atoms with Gasteiger partial charge in [0.1, 0.15) is 6.04 Å². The summed E-state index contributed by atoms with van der Waals surface area (Å²) in [5.41, 5.74) is 0. The maximum Gasteiger partial charge on any atom is 0.406 e. The highest BCUT2D eigenvalue weighted by atomic mass is 31.2. The van der Waals surface area contributed by atoms with Gasteiger partial charge in [-0.25, -0.2) is 0 Å². The van der Waals surface area contributed by atoms with Crippen LogP contribution in [0.1, 0.15) is 27.7 Å². The second-order valence-electron chi connectivity index (χ2n) is 4.15. The van der Waals surface area contributed by atoms with Crippen LogP contribution in [0.2, 0.25) is 0 Å². The maximum atomic E-state index is 8.98. The van der Waals surface area contributed by atoms with E-state index in [9.17, 15) is 0 Å². The van der Waals surface area contributed by atoms with E-state index in [0.29, 0.717) is 0 Å². The zero-order chi connectivity index (χ0) is 12.2. The quantitative estimate of drug-likeness (QED) is 0.612. The fraction of sp³-hybridized carbons (Fsp3) is 0.889. The molecule has 1 unspecified atom stereocenters. The number of nitriles is 1. The van der Waals surface area contributed by atoms with Crippen LogP contribution in [0.15, 0.2) is 0 Å². The highest BCUT2D eigenvalue weighted by Gasteiger charge is 2.38.